The molecule has 1 aliphatic heterocycles. The van der Waals surface area contributed by atoms with Crippen LogP contribution < -0.4 is 16.0 Å². The molecule has 0 radical (unpaired) electrons. The number of carbonyl (C=O) groups is 6. The van der Waals surface area contributed by atoms with Crippen molar-refractivity contribution in [2.45, 2.75) is 91.1 Å². The number of carbonyl (C=O) groups excluding carboxylic acids is 6. The molecule has 3 N–H and O–H groups in total. The Bertz CT molecular complexity index is 888. The maximum absolute atomic E-state index is 12.3. The van der Waals surface area contributed by atoms with E-state index >= 15 is 0 Å². The van der Waals surface area contributed by atoms with Crippen molar-refractivity contribution in [1.29, 1.82) is 0 Å². The van der Waals surface area contributed by atoms with Gasteiger partial charge in [-0.25, -0.2) is 4.79 Å². The third-order valence-electron chi connectivity index (χ3n) is 4.79. The molecule has 3 amide bonds. The summed E-state index contributed by atoms with van der Waals surface area (Å²) in [5.74, 6) is -3.23. The zero-order chi connectivity index (χ0) is 29.8. The van der Waals surface area contributed by atoms with Gasteiger partial charge in [-0.1, -0.05) is 0 Å². The summed E-state index contributed by atoms with van der Waals surface area (Å²) in [5.41, 5.74) is -0.629. The third kappa shape index (κ3) is 13.8. The van der Waals surface area contributed by atoms with E-state index in [-0.39, 0.29) is 13.1 Å². The topological polar surface area (TPSA) is 194 Å². The van der Waals surface area contributed by atoms with Crippen molar-refractivity contribution >= 4 is 35.8 Å². The van der Waals surface area contributed by atoms with Crippen molar-refractivity contribution in [1.82, 2.24) is 16.0 Å². The van der Waals surface area contributed by atoms with Crippen LogP contribution in [0, 0.1) is 0 Å². The molecule has 0 spiro atoms. The van der Waals surface area contributed by atoms with Gasteiger partial charge in [-0.3, -0.25) is 24.0 Å². The van der Waals surface area contributed by atoms with Crippen LogP contribution in [0.15, 0.2) is 0 Å². The molecule has 1 aliphatic rings. The van der Waals surface area contributed by atoms with Crippen molar-refractivity contribution in [3.05, 3.63) is 0 Å². The normalized spacial score (nSPS) is 22.6. The first-order chi connectivity index (χ1) is 18.1. The van der Waals surface area contributed by atoms with Gasteiger partial charge in [-0.2, -0.15) is 0 Å². The third-order valence-corrected chi connectivity index (χ3v) is 4.79. The SMILES string of the molecule is CC(=O)N[C@@H]1C(OC(C)=O)[C@@H](OC(C)=O)[C@@H](COC(C)=O)O[C@H]1OCC(=O)NCCCNC(=O)OC(C)(C)C. The van der Waals surface area contributed by atoms with Crippen molar-refractivity contribution in [2.75, 3.05) is 26.3 Å². The van der Waals surface area contributed by atoms with Crippen LogP contribution in [0.2, 0.25) is 0 Å². The van der Waals surface area contributed by atoms with E-state index in [2.05, 4.69) is 16.0 Å². The molecule has 222 valence electrons. The van der Waals surface area contributed by atoms with E-state index in [9.17, 15) is 28.8 Å². The summed E-state index contributed by atoms with van der Waals surface area (Å²) in [7, 11) is 0. The monoisotopic (exact) mass is 561 g/mol. The van der Waals surface area contributed by atoms with Gasteiger partial charge < -0.3 is 44.4 Å². The number of amides is 3. The fourth-order valence-corrected chi connectivity index (χ4v) is 3.46. The Morgan fingerprint density at radius 1 is 0.821 bits per heavy atom. The summed E-state index contributed by atoms with van der Waals surface area (Å²) in [4.78, 5) is 70.9. The van der Waals surface area contributed by atoms with Gasteiger partial charge in [0.25, 0.3) is 0 Å². The highest BCUT2D eigenvalue weighted by Crippen LogP contribution is 2.28. The van der Waals surface area contributed by atoms with E-state index in [0.29, 0.717) is 6.42 Å². The Balaban J connectivity index is 2.86. The Morgan fingerprint density at radius 2 is 1.41 bits per heavy atom. The molecule has 15 heteroatoms. The minimum atomic E-state index is -1.36. The minimum Gasteiger partial charge on any atom is -0.463 e. The van der Waals surface area contributed by atoms with Gasteiger partial charge in [-0.15, -0.1) is 0 Å². The quantitative estimate of drug-likeness (QED) is 0.160. The number of nitrogens with one attached hydrogen (secondary N) is 3. The first kappa shape index (κ1) is 33.6. The molecule has 1 fully saturated rings. The van der Waals surface area contributed by atoms with Gasteiger partial charge in [0.05, 0.1) is 0 Å². The molecular weight excluding hydrogens is 522 g/mol. The molecule has 5 atom stereocenters. The number of ether oxygens (including phenoxy) is 6. The Labute approximate surface area is 226 Å². The lowest BCUT2D eigenvalue weighted by Gasteiger charge is -2.44. The molecule has 1 rings (SSSR count). The summed E-state index contributed by atoms with van der Waals surface area (Å²) in [6.45, 7) is 9.36. The maximum atomic E-state index is 12.3. The molecule has 39 heavy (non-hydrogen) atoms. The molecule has 0 aromatic carbocycles. The highest BCUT2D eigenvalue weighted by molar-refractivity contribution is 5.77. The summed E-state index contributed by atoms with van der Waals surface area (Å²) < 4.78 is 32.2. The Hall–Kier alpha value is -3.46. The second-order valence-electron chi connectivity index (χ2n) is 9.66. The molecule has 15 nitrogen and oxygen atoms in total. The lowest BCUT2D eigenvalue weighted by molar-refractivity contribution is -0.276. The van der Waals surface area contributed by atoms with Crippen LogP contribution in [0.1, 0.15) is 54.9 Å². The average molecular weight is 562 g/mol. The van der Waals surface area contributed by atoms with E-state index in [1.54, 1.807) is 20.8 Å². The summed E-state index contributed by atoms with van der Waals surface area (Å²) in [5, 5.41) is 7.71. The minimum absolute atomic E-state index is 0.207. The number of hydrogen-bond donors (Lipinski definition) is 3. The van der Waals surface area contributed by atoms with Gasteiger partial charge in [-0.05, 0) is 27.2 Å². The molecule has 0 aromatic heterocycles. The molecule has 1 heterocycles. The van der Waals surface area contributed by atoms with Crippen molar-refractivity contribution < 1.29 is 57.2 Å². The van der Waals surface area contributed by atoms with Crippen molar-refractivity contribution in [2.24, 2.45) is 0 Å². The van der Waals surface area contributed by atoms with Gasteiger partial charge >= 0.3 is 24.0 Å². The highest BCUT2D eigenvalue weighted by Gasteiger charge is 2.51. The van der Waals surface area contributed by atoms with E-state index < -0.39 is 85.3 Å². The predicted octanol–water partition coefficient (Wildman–Crippen LogP) is -0.310. The molecule has 0 saturated carbocycles. The number of alkyl carbamates (subject to hydrolysis) is 1. The van der Waals surface area contributed by atoms with Gasteiger partial charge in [0.1, 0.15) is 31.0 Å². The van der Waals surface area contributed by atoms with Gasteiger partial charge in [0, 0.05) is 40.8 Å². The average Bonchev–Trinajstić information content (AvgIpc) is 2.77. The van der Waals surface area contributed by atoms with Crippen LogP contribution >= 0.6 is 0 Å². The fraction of sp³-hybridized carbons (Fsp3) is 0.750. The number of rotatable bonds is 12. The molecule has 1 saturated heterocycles. The Morgan fingerprint density at radius 3 is 1.95 bits per heavy atom. The van der Waals surface area contributed by atoms with Crippen LogP contribution in [0.5, 0.6) is 0 Å². The summed E-state index contributed by atoms with van der Waals surface area (Å²) in [6, 6.07) is -1.19. The van der Waals surface area contributed by atoms with E-state index in [4.69, 9.17) is 28.4 Å². The highest BCUT2D eigenvalue weighted by atomic mass is 16.7. The molecule has 1 unspecified atom stereocenters. The number of hydrogen-bond acceptors (Lipinski definition) is 12. The maximum Gasteiger partial charge on any atom is 0.407 e. The van der Waals surface area contributed by atoms with Crippen LogP contribution in [0.25, 0.3) is 0 Å². The fourth-order valence-electron chi connectivity index (χ4n) is 3.46. The number of esters is 3. The lowest BCUT2D eigenvalue weighted by atomic mass is 9.96. The van der Waals surface area contributed by atoms with Gasteiger partial charge in [0.2, 0.25) is 11.8 Å². The van der Waals surface area contributed by atoms with Crippen LogP contribution in [-0.4, -0.2) is 98.4 Å². The second kappa shape index (κ2) is 15.8. The van der Waals surface area contributed by atoms with E-state index in [0.717, 1.165) is 20.8 Å². The van der Waals surface area contributed by atoms with Gasteiger partial charge in [0.15, 0.2) is 18.5 Å². The largest absolute Gasteiger partial charge is 0.463 e. The summed E-state index contributed by atoms with van der Waals surface area (Å²) >= 11 is 0. The van der Waals surface area contributed by atoms with Crippen LogP contribution in [0.3, 0.4) is 0 Å². The van der Waals surface area contributed by atoms with Crippen molar-refractivity contribution in [3.8, 4) is 0 Å². The van der Waals surface area contributed by atoms with E-state index in [1.165, 1.54) is 6.92 Å². The first-order valence-electron chi connectivity index (χ1n) is 12.3. The zero-order valence-corrected chi connectivity index (χ0v) is 23.3. The van der Waals surface area contributed by atoms with Crippen LogP contribution in [0.4, 0.5) is 4.79 Å². The smallest absolute Gasteiger partial charge is 0.407 e. The lowest BCUT2D eigenvalue weighted by Crippen LogP contribution is -2.66. The molecule has 0 aliphatic carbocycles. The predicted molar refractivity (Wildman–Crippen MR) is 132 cm³/mol. The van der Waals surface area contributed by atoms with Crippen LogP contribution in [-0.2, 0) is 52.4 Å². The molecule has 0 aromatic rings. The van der Waals surface area contributed by atoms with Crippen molar-refractivity contribution in [3.63, 3.8) is 0 Å². The first-order valence-corrected chi connectivity index (χ1v) is 12.3. The molecular formula is C24H39N3O12. The zero-order valence-electron chi connectivity index (χ0n) is 23.3. The Kier molecular flexibility index (Phi) is 13.6. The summed E-state index contributed by atoms with van der Waals surface area (Å²) in [6.07, 6.45) is -5.24. The second-order valence-corrected chi connectivity index (χ2v) is 9.66. The standard InChI is InChI=1S/C24H39N3O12/c1-13(28)27-19-21(37-16(4)31)20(36-15(3)30)17(11-34-14(2)29)38-22(19)35-12-18(32)25-9-8-10-26-23(33)39-24(5,6)7/h17,19-22H,8-12H2,1-7H3,(H,25,32)(H,26,33)(H,27,28)/t17-,19-,20+,21?,22-/m1/s1. The van der Waals surface area contributed by atoms with E-state index in [1.807, 2.05) is 0 Å². The molecule has 0 bridgehead atoms.